The van der Waals surface area contributed by atoms with E-state index in [1.807, 2.05) is 31.2 Å². The van der Waals surface area contributed by atoms with Crippen molar-refractivity contribution in [3.05, 3.63) is 35.4 Å². The molecule has 292 valence electrons. The van der Waals surface area contributed by atoms with E-state index in [1.165, 1.54) is 6.42 Å². The number of likely N-dealkylation sites (tertiary alicyclic amines) is 1. The van der Waals surface area contributed by atoms with Crippen molar-refractivity contribution < 1.29 is 49.0 Å². The molecule has 15 heteroatoms. The van der Waals surface area contributed by atoms with E-state index in [-0.39, 0.29) is 61.4 Å². The summed E-state index contributed by atoms with van der Waals surface area (Å²) in [4.78, 5) is 41.1. The maximum absolute atomic E-state index is 13.0. The van der Waals surface area contributed by atoms with Crippen molar-refractivity contribution in [3.8, 4) is 6.07 Å². The maximum Gasteiger partial charge on any atom is 0.407 e. The lowest BCUT2D eigenvalue weighted by atomic mass is 9.32. The minimum absolute atomic E-state index is 0.0274. The molecule has 9 atom stereocenters. The number of fused-ring (bicyclic) bond motifs is 1. The SMILES string of the molecule is CCN(CC(=O)[C@@H](O)[C@H](O)[C@H](O)CO)Cc1ccc(CNC(=O)OCCOCCOC23CC4CC5CC(NCC(=O)N6CCC[C@H]6C#N)(C2)C43C5)cc1. The number of ether oxygens (including phenoxy) is 3. The highest BCUT2D eigenvalue weighted by Gasteiger charge is 2.88. The average Bonchev–Trinajstić information content (AvgIpc) is 3.86. The molecule has 5 aliphatic rings. The van der Waals surface area contributed by atoms with E-state index in [2.05, 4.69) is 16.7 Å². The summed E-state index contributed by atoms with van der Waals surface area (Å²) in [5.41, 5.74) is 1.63. The number of nitrogens with zero attached hydrogens (tertiary/aromatic N) is 3. The third kappa shape index (κ3) is 7.70. The van der Waals surface area contributed by atoms with Gasteiger partial charge in [-0.1, -0.05) is 31.2 Å². The van der Waals surface area contributed by atoms with Gasteiger partial charge in [0.15, 0.2) is 5.78 Å². The minimum atomic E-state index is -1.81. The average molecular weight is 742 g/mol. The zero-order valence-corrected chi connectivity index (χ0v) is 30.6. The van der Waals surface area contributed by atoms with Gasteiger partial charge in [-0.15, -0.1) is 0 Å². The van der Waals surface area contributed by atoms with Crippen LogP contribution in [0.1, 0.15) is 63.0 Å². The molecule has 6 rings (SSSR count). The summed E-state index contributed by atoms with van der Waals surface area (Å²) in [5, 5.41) is 54.1. The van der Waals surface area contributed by atoms with Crippen molar-refractivity contribution in [2.24, 2.45) is 17.3 Å². The summed E-state index contributed by atoms with van der Waals surface area (Å²) < 4.78 is 17.5. The topological polar surface area (TPSA) is 214 Å². The van der Waals surface area contributed by atoms with E-state index >= 15 is 0 Å². The summed E-state index contributed by atoms with van der Waals surface area (Å²) in [6.07, 6.45) is 1.35. The quantitative estimate of drug-likeness (QED) is 0.0932. The highest BCUT2D eigenvalue weighted by molar-refractivity contribution is 5.85. The smallest absolute Gasteiger partial charge is 0.407 e. The van der Waals surface area contributed by atoms with E-state index in [1.54, 1.807) is 9.80 Å². The molecule has 5 fully saturated rings. The molecule has 2 amide bonds. The number of amides is 2. The lowest BCUT2D eigenvalue weighted by Crippen LogP contribution is -2.86. The molecule has 5 unspecified atom stereocenters. The van der Waals surface area contributed by atoms with Crippen molar-refractivity contribution in [1.29, 1.82) is 5.26 Å². The van der Waals surface area contributed by atoms with Crippen LogP contribution in [-0.4, -0.2) is 143 Å². The molecule has 1 aliphatic heterocycles. The van der Waals surface area contributed by atoms with Crippen LogP contribution in [0.4, 0.5) is 4.79 Å². The highest BCUT2D eigenvalue weighted by Crippen LogP contribution is 2.85. The van der Waals surface area contributed by atoms with Crippen LogP contribution in [0.2, 0.25) is 0 Å². The van der Waals surface area contributed by atoms with Gasteiger partial charge in [-0.25, -0.2) is 4.79 Å². The van der Waals surface area contributed by atoms with Gasteiger partial charge in [-0.2, -0.15) is 5.26 Å². The van der Waals surface area contributed by atoms with Crippen LogP contribution < -0.4 is 10.6 Å². The van der Waals surface area contributed by atoms with E-state index < -0.39 is 36.8 Å². The molecule has 53 heavy (non-hydrogen) atoms. The monoisotopic (exact) mass is 741 g/mol. The van der Waals surface area contributed by atoms with Crippen LogP contribution in [0.5, 0.6) is 0 Å². The molecule has 1 heterocycles. The number of hydrogen-bond donors (Lipinski definition) is 6. The fourth-order valence-corrected chi connectivity index (χ4v) is 10.3. The Morgan fingerprint density at radius 3 is 2.55 bits per heavy atom. The molecular weight excluding hydrogens is 686 g/mol. The number of benzene rings is 1. The molecule has 1 spiro atoms. The second-order valence-corrected chi connectivity index (χ2v) is 15.6. The van der Waals surface area contributed by atoms with Crippen LogP contribution in [0.3, 0.4) is 0 Å². The van der Waals surface area contributed by atoms with E-state index in [9.17, 15) is 35.0 Å². The number of likely N-dealkylation sites (N-methyl/N-ethyl adjacent to an activating group) is 1. The number of Topliss-reactive ketones (excluding diaryl/α,β-unsaturated/α-hetero) is 1. The molecule has 4 aliphatic carbocycles. The number of nitriles is 1. The lowest BCUT2D eigenvalue weighted by Gasteiger charge is -2.78. The van der Waals surface area contributed by atoms with Crippen molar-refractivity contribution in [3.63, 3.8) is 0 Å². The number of nitrogens with one attached hydrogen (secondary N) is 2. The van der Waals surface area contributed by atoms with Crippen LogP contribution in [0.25, 0.3) is 0 Å². The van der Waals surface area contributed by atoms with Gasteiger partial charge >= 0.3 is 6.09 Å². The molecule has 4 saturated carbocycles. The van der Waals surface area contributed by atoms with Gasteiger partial charge in [0.2, 0.25) is 5.91 Å². The third-order valence-electron chi connectivity index (χ3n) is 12.7. The lowest BCUT2D eigenvalue weighted by molar-refractivity contribution is -0.343. The van der Waals surface area contributed by atoms with Gasteiger partial charge in [0.25, 0.3) is 0 Å². The Bertz CT molecular complexity index is 1510. The summed E-state index contributed by atoms with van der Waals surface area (Å²) in [7, 11) is 0. The van der Waals surface area contributed by atoms with Crippen molar-refractivity contribution in [2.75, 3.05) is 59.2 Å². The zero-order chi connectivity index (χ0) is 37.8. The van der Waals surface area contributed by atoms with Crippen molar-refractivity contribution in [1.82, 2.24) is 20.4 Å². The second kappa shape index (κ2) is 16.7. The van der Waals surface area contributed by atoms with Gasteiger partial charge in [0.1, 0.15) is 31.0 Å². The zero-order valence-electron chi connectivity index (χ0n) is 30.6. The van der Waals surface area contributed by atoms with E-state index in [4.69, 9.17) is 19.3 Å². The summed E-state index contributed by atoms with van der Waals surface area (Å²) >= 11 is 0. The Morgan fingerprint density at radius 2 is 1.83 bits per heavy atom. The standard InChI is InChI=1S/C38H55N5O10/c1-2-42(22-30(45)33(48)34(49)31(46)23-44)21-26-7-5-25(6-8-26)19-40-35(50)52-12-10-51-11-13-53-37-17-28-14-27-15-36(24-37,38(28,37)16-27)41-20-32(47)43-9-3-4-29(43)18-39/h5-8,27-29,31,33-34,41,44,46,48-49H,2-4,9-17,19-24H2,1H3,(H,40,50)/t27?,28?,29-,31+,33+,34+,36?,37?,38?/m0/s1. The van der Waals surface area contributed by atoms with Gasteiger partial charge < -0.3 is 50.2 Å². The normalized spacial score (nSPS) is 30.9. The first-order valence-corrected chi connectivity index (χ1v) is 19.0. The number of carbonyl (C=O) groups excluding carboxylic acids is 3. The Balaban J connectivity index is 0.840. The first-order chi connectivity index (χ1) is 25.5. The first kappa shape index (κ1) is 39.5. The number of aliphatic hydroxyl groups excluding tert-OH is 4. The van der Waals surface area contributed by atoms with Crippen LogP contribution in [0, 0.1) is 28.6 Å². The number of rotatable bonds is 21. The molecular formula is C38H55N5O10. The fraction of sp³-hybridized carbons (Fsp3) is 0.737. The predicted molar refractivity (Wildman–Crippen MR) is 189 cm³/mol. The van der Waals surface area contributed by atoms with E-state index in [0.717, 1.165) is 49.7 Å². The van der Waals surface area contributed by atoms with E-state index in [0.29, 0.717) is 44.7 Å². The highest BCUT2D eigenvalue weighted by atomic mass is 16.6. The van der Waals surface area contributed by atoms with Gasteiger partial charge in [0, 0.05) is 30.6 Å². The molecule has 2 bridgehead atoms. The molecule has 0 radical (unpaired) electrons. The Kier molecular flexibility index (Phi) is 12.4. The Morgan fingerprint density at radius 1 is 1.08 bits per heavy atom. The molecule has 1 aromatic carbocycles. The Labute approximate surface area is 310 Å². The first-order valence-electron chi connectivity index (χ1n) is 19.0. The third-order valence-corrected chi connectivity index (χ3v) is 12.7. The number of ketones is 1. The fourth-order valence-electron chi connectivity index (χ4n) is 10.3. The van der Waals surface area contributed by atoms with Gasteiger partial charge in [0.05, 0.1) is 51.2 Å². The van der Waals surface area contributed by atoms with Gasteiger partial charge in [-0.3, -0.25) is 14.5 Å². The maximum atomic E-state index is 13.0. The largest absolute Gasteiger partial charge is 0.447 e. The van der Waals surface area contributed by atoms with Crippen molar-refractivity contribution >= 4 is 17.8 Å². The number of carbonyl (C=O) groups is 3. The number of alkyl carbamates (subject to hydrolysis) is 1. The van der Waals surface area contributed by atoms with Crippen LogP contribution in [-0.2, 0) is 36.9 Å². The molecule has 0 aromatic heterocycles. The summed E-state index contributed by atoms with van der Waals surface area (Å²) in [6.45, 7) is 4.25. The second-order valence-electron chi connectivity index (χ2n) is 15.6. The Hall–Kier alpha value is -3.20. The molecule has 1 saturated heterocycles. The predicted octanol–water partition coefficient (Wildman–Crippen LogP) is 0.217. The van der Waals surface area contributed by atoms with Gasteiger partial charge in [-0.05, 0) is 74.5 Å². The number of aliphatic hydroxyl groups is 4. The summed E-state index contributed by atoms with van der Waals surface area (Å²) in [6, 6.07) is 9.42. The molecule has 15 nitrogen and oxygen atoms in total. The minimum Gasteiger partial charge on any atom is -0.447 e. The van der Waals surface area contributed by atoms with Crippen molar-refractivity contribution in [2.45, 2.75) is 100 Å². The number of hydrogen-bond acceptors (Lipinski definition) is 13. The van der Waals surface area contributed by atoms with Crippen LogP contribution in [0.15, 0.2) is 24.3 Å². The van der Waals surface area contributed by atoms with Crippen LogP contribution >= 0.6 is 0 Å². The molecule has 1 aromatic rings. The summed E-state index contributed by atoms with van der Waals surface area (Å²) in [5.74, 6) is 0.674. The molecule has 6 N–H and O–H groups in total.